The van der Waals surface area contributed by atoms with E-state index >= 15 is 0 Å². The van der Waals surface area contributed by atoms with Crippen LogP contribution in [0.2, 0.25) is 0 Å². The number of pyridine rings is 1. The molecular weight excluding hydrogens is 176 g/mol. The summed E-state index contributed by atoms with van der Waals surface area (Å²) in [4.78, 5) is 11.5. The van der Waals surface area contributed by atoms with E-state index in [1.165, 1.54) is 10.6 Å². The number of nitriles is 1. The van der Waals surface area contributed by atoms with Crippen molar-refractivity contribution in [3.8, 4) is 17.9 Å². The van der Waals surface area contributed by atoms with Gasteiger partial charge >= 0.3 is 0 Å². The third-order valence-electron chi connectivity index (χ3n) is 1.80. The molecule has 0 aliphatic rings. The molecule has 0 aliphatic heterocycles. The molecule has 14 heavy (non-hydrogen) atoms. The van der Waals surface area contributed by atoms with E-state index in [1.807, 2.05) is 6.07 Å². The van der Waals surface area contributed by atoms with Crippen molar-refractivity contribution in [1.29, 1.82) is 5.26 Å². The van der Waals surface area contributed by atoms with Gasteiger partial charge in [0.05, 0.1) is 0 Å². The molecule has 0 atom stereocenters. The molecule has 0 aromatic carbocycles. The minimum Gasteiger partial charge on any atom is -0.313 e. The van der Waals surface area contributed by atoms with Gasteiger partial charge in [-0.1, -0.05) is 0 Å². The SMILES string of the molecule is CC#CCCn1cccc(C#N)c1=O. The Bertz CT molecular complexity index is 469. The number of hydrogen-bond donors (Lipinski definition) is 0. The first-order chi connectivity index (χ1) is 6.79. The van der Waals surface area contributed by atoms with Gasteiger partial charge in [0.15, 0.2) is 0 Å². The van der Waals surface area contributed by atoms with Crippen LogP contribution in [-0.2, 0) is 6.54 Å². The summed E-state index contributed by atoms with van der Waals surface area (Å²) in [5, 5.41) is 8.62. The normalized spacial score (nSPS) is 8.57. The lowest BCUT2D eigenvalue weighted by molar-refractivity contribution is 0.687. The molecule has 70 valence electrons. The van der Waals surface area contributed by atoms with Gasteiger partial charge in [-0.3, -0.25) is 4.79 Å². The number of hydrogen-bond acceptors (Lipinski definition) is 2. The van der Waals surface area contributed by atoms with Gasteiger partial charge in [0.1, 0.15) is 11.6 Å². The third kappa shape index (κ3) is 2.24. The molecule has 0 spiro atoms. The van der Waals surface area contributed by atoms with Crippen LogP contribution in [0.15, 0.2) is 23.1 Å². The number of rotatable bonds is 2. The minimum absolute atomic E-state index is 0.178. The second kappa shape index (κ2) is 4.89. The zero-order valence-corrected chi connectivity index (χ0v) is 7.95. The van der Waals surface area contributed by atoms with Crippen LogP contribution in [0, 0.1) is 23.2 Å². The first-order valence-corrected chi connectivity index (χ1v) is 4.28. The van der Waals surface area contributed by atoms with Crippen LogP contribution in [0.4, 0.5) is 0 Å². The highest BCUT2D eigenvalue weighted by atomic mass is 16.1. The standard InChI is InChI=1S/C11H10N2O/c1-2-3-4-7-13-8-5-6-10(9-12)11(13)14/h5-6,8H,4,7H2,1H3. The zero-order chi connectivity index (χ0) is 10.4. The topological polar surface area (TPSA) is 45.8 Å². The maximum absolute atomic E-state index is 11.5. The largest absolute Gasteiger partial charge is 0.313 e. The summed E-state index contributed by atoms with van der Waals surface area (Å²) in [6.45, 7) is 2.30. The van der Waals surface area contributed by atoms with E-state index in [2.05, 4.69) is 11.8 Å². The van der Waals surface area contributed by atoms with Crippen molar-refractivity contribution in [2.75, 3.05) is 0 Å². The van der Waals surface area contributed by atoms with Crippen molar-refractivity contribution in [3.05, 3.63) is 34.2 Å². The predicted octanol–water partition coefficient (Wildman–Crippen LogP) is 1.13. The fourth-order valence-corrected chi connectivity index (χ4v) is 1.10. The molecular formula is C11H10N2O. The summed E-state index contributed by atoms with van der Waals surface area (Å²) < 4.78 is 1.50. The van der Waals surface area contributed by atoms with Gasteiger partial charge in [-0.25, -0.2) is 0 Å². The zero-order valence-electron chi connectivity index (χ0n) is 7.95. The quantitative estimate of drug-likeness (QED) is 0.650. The Kier molecular flexibility index (Phi) is 3.52. The molecule has 0 fully saturated rings. The Balaban J connectivity index is 2.92. The summed E-state index contributed by atoms with van der Waals surface area (Å²) in [6, 6.07) is 5.07. The minimum atomic E-state index is -0.243. The molecule has 1 heterocycles. The first kappa shape index (κ1) is 10.1. The van der Waals surface area contributed by atoms with E-state index in [4.69, 9.17) is 5.26 Å². The smallest absolute Gasteiger partial charge is 0.268 e. The van der Waals surface area contributed by atoms with Gasteiger partial charge in [-0.15, -0.1) is 11.8 Å². The second-order valence-corrected chi connectivity index (χ2v) is 2.71. The summed E-state index contributed by atoms with van der Waals surface area (Å²) in [7, 11) is 0. The Morgan fingerprint density at radius 1 is 1.57 bits per heavy atom. The van der Waals surface area contributed by atoms with E-state index < -0.39 is 0 Å². The predicted molar refractivity (Wildman–Crippen MR) is 53.5 cm³/mol. The van der Waals surface area contributed by atoms with Gasteiger partial charge in [-0.05, 0) is 19.1 Å². The van der Waals surface area contributed by atoms with E-state index in [9.17, 15) is 4.79 Å². The van der Waals surface area contributed by atoms with Crippen molar-refractivity contribution >= 4 is 0 Å². The maximum Gasteiger partial charge on any atom is 0.268 e. The molecule has 0 aliphatic carbocycles. The second-order valence-electron chi connectivity index (χ2n) is 2.71. The number of aromatic nitrogens is 1. The maximum atomic E-state index is 11.5. The van der Waals surface area contributed by atoms with Crippen molar-refractivity contribution in [3.63, 3.8) is 0 Å². The van der Waals surface area contributed by atoms with Crippen LogP contribution in [-0.4, -0.2) is 4.57 Å². The molecule has 0 saturated carbocycles. The summed E-state index contributed by atoms with van der Waals surface area (Å²) >= 11 is 0. The Morgan fingerprint density at radius 2 is 2.36 bits per heavy atom. The summed E-state index contributed by atoms with van der Waals surface area (Å²) in [6.07, 6.45) is 2.30. The lowest BCUT2D eigenvalue weighted by atomic mass is 10.3. The van der Waals surface area contributed by atoms with Gasteiger partial charge in [0, 0.05) is 19.2 Å². The molecule has 1 aromatic rings. The van der Waals surface area contributed by atoms with Gasteiger partial charge in [0.25, 0.3) is 5.56 Å². The highest BCUT2D eigenvalue weighted by Gasteiger charge is 1.99. The fourth-order valence-electron chi connectivity index (χ4n) is 1.10. The average molecular weight is 186 g/mol. The lowest BCUT2D eigenvalue weighted by Gasteiger charge is -2.01. The molecule has 1 aromatic heterocycles. The molecule has 0 N–H and O–H groups in total. The average Bonchev–Trinajstić information content (AvgIpc) is 2.21. The number of nitrogens with zero attached hydrogens (tertiary/aromatic N) is 2. The Labute approximate surface area is 82.6 Å². The van der Waals surface area contributed by atoms with Crippen molar-refractivity contribution in [2.24, 2.45) is 0 Å². The molecule has 0 radical (unpaired) electrons. The van der Waals surface area contributed by atoms with E-state index in [0.717, 1.165) is 0 Å². The lowest BCUT2D eigenvalue weighted by Crippen LogP contribution is -2.21. The van der Waals surface area contributed by atoms with E-state index in [1.54, 1.807) is 19.2 Å². The Hall–Kier alpha value is -2.00. The molecule has 0 bridgehead atoms. The molecule has 0 saturated heterocycles. The summed E-state index contributed by atoms with van der Waals surface area (Å²) in [5.74, 6) is 5.62. The molecule has 0 amide bonds. The fraction of sp³-hybridized carbons (Fsp3) is 0.273. The van der Waals surface area contributed by atoms with Gasteiger partial charge in [-0.2, -0.15) is 5.26 Å². The van der Waals surface area contributed by atoms with Crippen LogP contribution in [0.1, 0.15) is 18.9 Å². The van der Waals surface area contributed by atoms with Crippen LogP contribution in [0.5, 0.6) is 0 Å². The van der Waals surface area contributed by atoms with Crippen molar-refractivity contribution in [2.45, 2.75) is 19.9 Å². The molecule has 1 rings (SSSR count). The van der Waals surface area contributed by atoms with Crippen molar-refractivity contribution in [1.82, 2.24) is 4.57 Å². The van der Waals surface area contributed by atoms with Crippen LogP contribution < -0.4 is 5.56 Å². The Morgan fingerprint density at radius 3 is 3.00 bits per heavy atom. The highest BCUT2D eigenvalue weighted by molar-refractivity contribution is 5.24. The van der Waals surface area contributed by atoms with Crippen LogP contribution >= 0.6 is 0 Å². The van der Waals surface area contributed by atoms with Crippen molar-refractivity contribution < 1.29 is 0 Å². The highest BCUT2D eigenvalue weighted by Crippen LogP contribution is 1.91. The van der Waals surface area contributed by atoms with Crippen LogP contribution in [0.25, 0.3) is 0 Å². The van der Waals surface area contributed by atoms with Gasteiger partial charge in [0.2, 0.25) is 0 Å². The molecule has 3 heteroatoms. The first-order valence-electron chi connectivity index (χ1n) is 4.28. The summed E-state index contributed by atoms with van der Waals surface area (Å²) in [5.41, 5.74) is -0.0649. The van der Waals surface area contributed by atoms with Crippen LogP contribution in [0.3, 0.4) is 0 Å². The monoisotopic (exact) mass is 186 g/mol. The molecule has 3 nitrogen and oxygen atoms in total. The van der Waals surface area contributed by atoms with E-state index in [-0.39, 0.29) is 11.1 Å². The van der Waals surface area contributed by atoms with E-state index in [0.29, 0.717) is 13.0 Å². The number of aryl methyl sites for hydroxylation is 1. The van der Waals surface area contributed by atoms with Gasteiger partial charge < -0.3 is 4.57 Å². The molecule has 0 unspecified atom stereocenters. The third-order valence-corrected chi connectivity index (χ3v) is 1.80.